The lowest BCUT2D eigenvalue weighted by molar-refractivity contribution is -0.119. The van der Waals surface area contributed by atoms with Crippen molar-refractivity contribution < 1.29 is 14.0 Å². The number of aryl methyl sites for hydroxylation is 1. The van der Waals surface area contributed by atoms with Crippen LogP contribution in [0.2, 0.25) is 0 Å². The Hall–Kier alpha value is -2.76. The van der Waals surface area contributed by atoms with E-state index in [2.05, 4.69) is 15.6 Å². The fraction of sp³-hybridized carbons (Fsp3) is 0.188. The maximum absolute atomic E-state index is 12.9. The number of benzene rings is 1. The van der Waals surface area contributed by atoms with Gasteiger partial charge in [0, 0.05) is 18.8 Å². The van der Waals surface area contributed by atoms with Crippen molar-refractivity contribution in [3.8, 4) is 11.1 Å². The van der Waals surface area contributed by atoms with E-state index in [0.717, 1.165) is 11.1 Å². The van der Waals surface area contributed by atoms with E-state index in [1.807, 2.05) is 0 Å². The molecule has 2 N–H and O–H groups in total. The quantitative estimate of drug-likeness (QED) is 0.902. The summed E-state index contributed by atoms with van der Waals surface area (Å²) in [4.78, 5) is 27.2. The zero-order valence-electron chi connectivity index (χ0n) is 12.3. The molecule has 0 aliphatic heterocycles. The molecule has 0 radical (unpaired) electrons. The van der Waals surface area contributed by atoms with Crippen LogP contribution in [0.25, 0.3) is 11.1 Å². The number of rotatable bonds is 4. The Bertz CT molecular complexity index is 699. The highest BCUT2D eigenvalue weighted by molar-refractivity contribution is 5.96. The van der Waals surface area contributed by atoms with Crippen molar-refractivity contribution in [2.24, 2.45) is 0 Å². The van der Waals surface area contributed by atoms with E-state index >= 15 is 0 Å². The first-order valence-corrected chi connectivity index (χ1v) is 6.72. The third-order valence-electron chi connectivity index (χ3n) is 3.16. The first-order chi connectivity index (χ1) is 10.5. The second kappa shape index (κ2) is 6.80. The summed E-state index contributed by atoms with van der Waals surface area (Å²) in [6.07, 6.45) is 1.55. The Morgan fingerprint density at radius 2 is 1.86 bits per heavy atom. The van der Waals surface area contributed by atoms with Gasteiger partial charge in [-0.3, -0.25) is 14.6 Å². The molecule has 0 aliphatic carbocycles. The van der Waals surface area contributed by atoms with E-state index in [-0.39, 0.29) is 24.0 Å². The molecule has 1 aromatic carbocycles. The highest BCUT2D eigenvalue weighted by Gasteiger charge is 2.12. The molecule has 0 bridgehead atoms. The van der Waals surface area contributed by atoms with Gasteiger partial charge in [0.25, 0.3) is 5.91 Å². The molecule has 2 rings (SSSR count). The number of carbonyl (C=O) groups excluding carboxylic acids is 2. The minimum Gasteiger partial charge on any atom is -0.358 e. The van der Waals surface area contributed by atoms with Crippen LogP contribution in [0.15, 0.2) is 36.5 Å². The molecule has 1 heterocycles. The minimum absolute atomic E-state index is 0.101. The van der Waals surface area contributed by atoms with Gasteiger partial charge in [0.2, 0.25) is 5.91 Å². The summed E-state index contributed by atoms with van der Waals surface area (Å²) in [7, 11) is 1.50. The van der Waals surface area contributed by atoms with E-state index in [4.69, 9.17) is 0 Å². The summed E-state index contributed by atoms with van der Waals surface area (Å²) in [5, 5.41) is 4.91. The Kier molecular flexibility index (Phi) is 4.83. The molecule has 0 saturated carbocycles. The lowest BCUT2D eigenvalue weighted by Gasteiger charge is -2.08. The van der Waals surface area contributed by atoms with Crippen molar-refractivity contribution in [2.75, 3.05) is 13.6 Å². The van der Waals surface area contributed by atoms with Crippen LogP contribution in [-0.2, 0) is 4.79 Å². The number of hydrogen-bond acceptors (Lipinski definition) is 3. The molecule has 0 fully saturated rings. The number of hydrogen-bond donors (Lipinski definition) is 2. The van der Waals surface area contributed by atoms with Gasteiger partial charge in [-0.15, -0.1) is 0 Å². The van der Waals surface area contributed by atoms with Gasteiger partial charge in [-0.2, -0.15) is 0 Å². The molecule has 0 aliphatic rings. The van der Waals surface area contributed by atoms with Crippen molar-refractivity contribution in [2.45, 2.75) is 6.92 Å². The van der Waals surface area contributed by atoms with Crippen LogP contribution < -0.4 is 10.6 Å². The average Bonchev–Trinajstić information content (AvgIpc) is 2.52. The van der Waals surface area contributed by atoms with E-state index in [0.29, 0.717) is 5.56 Å². The lowest BCUT2D eigenvalue weighted by atomic mass is 10.0. The normalized spacial score (nSPS) is 10.1. The molecular formula is C16H16FN3O2. The predicted octanol–water partition coefficient (Wildman–Crippen LogP) is 1.67. The Balaban J connectivity index is 2.17. The number of nitrogens with one attached hydrogen (secondary N) is 2. The maximum Gasteiger partial charge on any atom is 0.270 e. The van der Waals surface area contributed by atoms with Crippen LogP contribution in [0.4, 0.5) is 4.39 Å². The summed E-state index contributed by atoms with van der Waals surface area (Å²) in [5.74, 6) is -1.00. The molecule has 2 aromatic rings. The van der Waals surface area contributed by atoms with E-state index < -0.39 is 5.91 Å². The van der Waals surface area contributed by atoms with Gasteiger partial charge in [0.1, 0.15) is 11.5 Å². The van der Waals surface area contributed by atoms with Gasteiger partial charge < -0.3 is 10.6 Å². The fourth-order valence-electron chi connectivity index (χ4n) is 1.95. The molecule has 0 atom stereocenters. The van der Waals surface area contributed by atoms with Gasteiger partial charge >= 0.3 is 0 Å². The molecular weight excluding hydrogens is 285 g/mol. The minimum atomic E-state index is -0.410. The third kappa shape index (κ3) is 3.66. The van der Waals surface area contributed by atoms with E-state index in [9.17, 15) is 14.0 Å². The summed E-state index contributed by atoms with van der Waals surface area (Å²) in [5.41, 5.74) is 2.54. The number of nitrogens with zero attached hydrogens (tertiary/aromatic N) is 1. The zero-order valence-corrected chi connectivity index (χ0v) is 12.3. The Morgan fingerprint density at radius 3 is 2.45 bits per heavy atom. The maximum atomic E-state index is 12.9. The molecule has 0 unspecified atom stereocenters. The van der Waals surface area contributed by atoms with Crippen molar-refractivity contribution in [3.05, 3.63) is 53.6 Å². The number of amides is 2. The number of likely N-dealkylation sites (N-methyl/N-ethyl adjacent to an activating group) is 1. The van der Waals surface area contributed by atoms with Crippen LogP contribution >= 0.6 is 0 Å². The Labute approximate surface area is 127 Å². The van der Waals surface area contributed by atoms with Crippen molar-refractivity contribution in [3.63, 3.8) is 0 Å². The molecule has 5 nitrogen and oxygen atoms in total. The summed E-state index contributed by atoms with van der Waals surface area (Å²) < 4.78 is 12.9. The zero-order chi connectivity index (χ0) is 16.1. The Morgan fingerprint density at radius 1 is 1.18 bits per heavy atom. The van der Waals surface area contributed by atoms with E-state index in [1.54, 1.807) is 31.3 Å². The highest BCUT2D eigenvalue weighted by atomic mass is 19.1. The molecule has 6 heteroatoms. The molecule has 114 valence electrons. The van der Waals surface area contributed by atoms with Crippen molar-refractivity contribution in [1.29, 1.82) is 0 Å². The fourth-order valence-corrected chi connectivity index (χ4v) is 1.95. The molecule has 0 saturated heterocycles. The summed E-state index contributed by atoms with van der Waals surface area (Å²) >= 11 is 0. The topological polar surface area (TPSA) is 71.1 Å². The summed E-state index contributed by atoms with van der Waals surface area (Å²) in [6, 6.07) is 7.84. The van der Waals surface area contributed by atoms with Gasteiger partial charge in [0.15, 0.2) is 0 Å². The largest absolute Gasteiger partial charge is 0.358 e. The second-order valence-corrected chi connectivity index (χ2v) is 4.75. The van der Waals surface area contributed by atoms with Gasteiger partial charge in [-0.25, -0.2) is 4.39 Å². The number of aromatic nitrogens is 1. The first kappa shape index (κ1) is 15.6. The molecule has 0 spiro atoms. The number of carbonyl (C=O) groups is 2. The lowest BCUT2D eigenvalue weighted by Crippen LogP contribution is -2.35. The molecule has 2 amide bonds. The molecule has 22 heavy (non-hydrogen) atoms. The SMILES string of the molecule is CNC(=O)CNC(=O)c1ncc(-c2ccc(F)cc2)cc1C. The second-order valence-electron chi connectivity index (χ2n) is 4.75. The monoisotopic (exact) mass is 301 g/mol. The molecule has 1 aromatic heterocycles. The van der Waals surface area contributed by atoms with Gasteiger partial charge in [-0.05, 0) is 36.2 Å². The van der Waals surface area contributed by atoms with Crippen LogP contribution in [-0.4, -0.2) is 30.4 Å². The van der Waals surface area contributed by atoms with Crippen LogP contribution in [0.1, 0.15) is 16.1 Å². The van der Waals surface area contributed by atoms with Crippen molar-refractivity contribution >= 4 is 11.8 Å². The highest BCUT2D eigenvalue weighted by Crippen LogP contribution is 2.21. The summed E-state index contributed by atoms with van der Waals surface area (Å²) in [6.45, 7) is 1.66. The third-order valence-corrected chi connectivity index (χ3v) is 3.16. The number of halogens is 1. The smallest absolute Gasteiger partial charge is 0.270 e. The first-order valence-electron chi connectivity index (χ1n) is 6.72. The number of pyridine rings is 1. The van der Waals surface area contributed by atoms with Crippen molar-refractivity contribution in [1.82, 2.24) is 15.6 Å². The van der Waals surface area contributed by atoms with E-state index in [1.165, 1.54) is 19.2 Å². The van der Waals surface area contributed by atoms with Gasteiger partial charge in [-0.1, -0.05) is 12.1 Å². The van der Waals surface area contributed by atoms with Crippen LogP contribution in [0.5, 0.6) is 0 Å². The standard InChI is InChI=1S/C16H16FN3O2/c1-10-7-12(11-3-5-13(17)6-4-11)8-19-15(10)16(22)20-9-14(21)18-2/h3-8H,9H2,1-2H3,(H,18,21)(H,20,22). The van der Waals surface area contributed by atoms with Crippen LogP contribution in [0, 0.1) is 12.7 Å². The predicted molar refractivity (Wildman–Crippen MR) is 80.8 cm³/mol. The van der Waals surface area contributed by atoms with Gasteiger partial charge in [0.05, 0.1) is 6.54 Å². The van der Waals surface area contributed by atoms with Crippen LogP contribution in [0.3, 0.4) is 0 Å². The average molecular weight is 301 g/mol.